The zero-order chi connectivity index (χ0) is 13.9. The smallest absolute Gasteiger partial charge is 0.309 e. The first-order valence-corrected chi connectivity index (χ1v) is 7.60. The Morgan fingerprint density at radius 3 is 3.00 bits per heavy atom. The number of thiazole rings is 1. The number of carboxylic acid groups (broad SMARTS) is 1. The van der Waals surface area contributed by atoms with Crippen molar-refractivity contribution in [1.29, 1.82) is 0 Å². The van der Waals surface area contributed by atoms with E-state index in [1.807, 2.05) is 30.3 Å². The summed E-state index contributed by atoms with van der Waals surface area (Å²) in [5.41, 5.74) is 1.54. The van der Waals surface area contributed by atoms with Crippen LogP contribution in [0.3, 0.4) is 0 Å². The van der Waals surface area contributed by atoms with Gasteiger partial charge >= 0.3 is 5.97 Å². The van der Waals surface area contributed by atoms with Gasteiger partial charge in [0.05, 0.1) is 17.6 Å². The van der Waals surface area contributed by atoms with Crippen LogP contribution in [0.4, 0.5) is 0 Å². The van der Waals surface area contributed by atoms with Gasteiger partial charge in [0.1, 0.15) is 0 Å². The zero-order valence-corrected chi connectivity index (χ0v) is 11.9. The van der Waals surface area contributed by atoms with Gasteiger partial charge in [-0.3, -0.25) is 9.78 Å². The van der Waals surface area contributed by atoms with E-state index in [0.29, 0.717) is 5.69 Å². The Bertz CT molecular complexity index is 765. The number of nitrogens with zero attached hydrogens (tertiary/aromatic N) is 2. The average Bonchev–Trinajstić information content (AvgIpc) is 2.86. The topological polar surface area (TPSA) is 63.1 Å². The number of hydrogen-bond donors (Lipinski definition) is 1. The average molecular weight is 302 g/mol. The summed E-state index contributed by atoms with van der Waals surface area (Å²) in [6, 6.07) is 9.88. The highest BCUT2D eigenvalue weighted by atomic mass is 32.2. The molecule has 0 aliphatic heterocycles. The van der Waals surface area contributed by atoms with Crippen molar-refractivity contribution in [2.24, 2.45) is 0 Å². The van der Waals surface area contributed by atoms with Crippen molar-refractivity contribution >= 4 is 40.0 Å². The van der Waals surface area contributed by atoms with Crippen molar-refractivity contribution in [1.82, 2.24) is 9.97 Å². The van der Waals surface area contributed by atoms with Crippen molar-refractivity contribution in [2.75, 3.05) is 0 Å². The van der Waals surface area contributed by atoms with Gasteiger partial charge in [-0.05, 0) is 12.1 Å². The number of carboxylic acids is 1. The predicted molar refractivity (Wildman–Crippen MR) is 79.3 cm³/mol. The van der Waals surface area contributed by atoms with Gasteiger partial charge < -0.3 is 5.11 Å². The lowest BCUT2D eigenvalue weighted by Gasteiger charge is -2.02. The molecule has 2 aromatic heterocycles. The summed E-state index contributed by atoms with van der Waals surface area (Å²) in [6.45, 7) is 0. The van der Waals surface area contributed by atoms with Gasteiger partial charge in [0.15, 0.2) is 4.34 Å². The summed E-state index contributed by atoms with van der Waals surface area (Å²) < 4.78 is 0.845. The molecule has 0 saturated heterocycles. The molecular formula is C14H10N2O2S2. The summed E-state index contributed by atoms with van der Waals surface area (Å²) in [6.07, 6.45) is 1.74. The number of benzene rings is 1. The molecule has 2 heterocycles. The molecule has 3 rings (SSSR count). The van der Waals surface area contributed by atoms with Crippen molar-refractivity contribution in [3.05, 3.63) is 47.6 Å². The maximum Gasteiger partial charge on any atom is 0.309 e. The van der Waals surface area contributed by atoms with Crippen LogP contribution >= 0.6 is 23.1 Å². The minimum atomic E-state index is -0.860. The summed E-state index contributed by atoms with van der Waals surface area (Å²) >= 11 is 3.00. The van der Waals surface area contributed by atoms with Crippen LogP contribution in [0.2, 0.25) is 0 Å². The van der Waals surface area contributed by atoms with Crippen LogP contribution in [0.15, 0.2) is 51.1 Å². The molecule has 1 N–H and O–H groups in total. The Morgan fingerprint density at radius 2 is 2.15 bits per heavy atom. The molecule has 0 radical (unpaired) electrons. The fraction of sp³-hybridized carbons (Fsp3) is 0.0714. The molecule has 0 saturated carbocycles. The third-order valence-corrected chi connectivity index (χ3v) is 4.73. The van der Waals surface area contributed by atoms with E-state index < -0.39 is 5.97 Å². The minimum Gasteiger partial charge on any atom is -0.481 e. The van der Waals surface area contributed by atoms with Gasteiger partial charge in [0.2, 0.25) is 0 Å². The fourth-order valence-corrected chi connectivity index (χ4v) is 3.74. The second kappa shape index (κ2) is 5.60. The van der Waals surface area contributed by atoms with E-state index in [9.17, 15) is 4.79 Å². The number of aliphatic carboxylic acids is 1. The molecule has 0 bridgehead atoms. The van der Waals surface area contributed by atoms with Gasteiger partial charge in [-0.2, -0.15) is 0 Å². The summed E-state index contributed by atoms with van der Waals surface area (Å²) in [5, 5.41) is 11.6. The molecule has 0 amide bonds. The van der Waals surface area contributed by atoms with Crippen LogP contribution in [0.25, 0.3) is 10.9 Å². The van der Waals surface area contributed by atoms with Gasteiger partial charge in [-0.1, -0.05) is 30.0 Å². The second-order valence-electron chi connectivity index (χ2n) is 4.10. The minimum absolute atomic E-state index is 0.0336. The highest BCUT2D eigenvalue weighted by molar-refractivity contribution is 8.01. The Kier molecular flexibility index (Phi) is 3.66. The molecule has 1 aromatic carbocycles. The van der Waals surface area contributed by atoms with Gasteiger partial charge in [-0.25, -0.2) is 4.98 Å². The van der Waals surface area contributed by atoms with Crippen molar-refractivity contribution in [2.45, 2.75) is 15.7 Å². The van der Waals surface area contributed by atoms with Gasteiger partial charge in [-0.15, -0.1) is 11.3 Å². The number of aromatic nitrogens is 2. The van der Waals surface area contributed by atoms with Crippen molar-refractivity contribution < 1.29 is 9.90 Å². The monoisotopic (exact) mass is 302 g/mol. The zero-order valence-electron chi connectivity index (χ0n) is 10.3. The van der Waals surface area contributed by atoms with E-state index in [1.165, 1.54) is 23.1 Å². The molecule has 0 atom stereocenters. The first kappa shape index (κ1) is 13.1. The van der Waals surface area contributed by atoms with E-state index in [4.69, 9.17) is 5.11 Å². The Labute approximate surface area is 123 Å². The van der Waals surface area contributed by atoms with E-state index in [0.717, 1.165) is 20.1 Å². The van der Waals surface area contributed by atoms with Gasteiger partial charge in [0.25, 0.3) is 0 Å². The normalized spacial score (nSPS) is 10.8. The SMILES string of the molecule is O=C(O)Cc1csc(Sc2ccnc3ccccc23)n1. The van der Waals surface area contributed by atoms with E-state index in [1.54, 1.807) is 11.6 Å². The van der Waals surface area contributed by atoms with Gasteiger partial charge in [0, 0.05) is 21.9 Å². The number of carbonyl (C=O) groups is 1. The predicted octanol–water partition coefficient (Wildman–Crippen LogP) is 3.47. The first-order chi connectivity index (χ1) is 9.72. The van der Waals surface area contributed by atoms with Crippen LogP contribution in [0.1, 0.15) is 5.69 Å². The molecule has 3 aromatic rings. The van der Waals surface area contributed by atoms with Crippen LogP contribution in [-0.4, -0.2) is 21.0 Å². The quantitative estimate of drug-likeness (QED) is 0.799. The summed E-state index contributed by atoms with van der Waals surface area (Å²) in [5.74, 6) is -0.860. The van der Waals surface area contributed by atoms with Crippen molar-refractivity contribution in [3.8, 4) is 0 Å². The largest absolute Gasteiger partial charge is 0.481 e. The molecule has 0 aliphatic carbocycles. The van der Waals surface area contributed by atoms with Crippen molar-refractivity contribution in [3.63, 3.8) is 0 Å². The molecule has 20 heavy (non-hydrogen) atoms. The molecule has 0 spiro atoms. The van der Waals surface area contributed by atoms with E-state index in [-0.39, 0.29) is 6.42 Å². The molecule has 0 aliphatic rings. The number of pyridine rings is 1. The third-order valence-electron chi connectivity index (χ3n) is 2.67. The number of fused-ring (bicyclic) bond motifs is 1. The lowest BCUT2D eigenvalue weighted by molar-refractivity contribution is -0.136. The molecule has 0 fully saturated rings. The lowest BCUT2D eigenvalue weighted by atomic mass is 10.2. The van der Waals surface area contributed by atoms with Crippen LogP contribution < -0.4 is 0 Å². The number of rotatable bonds is 4. The van der Waals surface area contributed by atoms with Crippen LogP contribution in [0.5, 0.6) is 0 Å². The molecule has 100 valence electrons. The standard InChI is InChI=1S/C14H10N2O2S2/c17-13(18)7-9-8-19-14(16-9)20-12-5-6-15-11-4-2-1-3-10(11)12/h1-6,8H,7H2,(H,17,18). The second-order valence-corrected chi connectivity index (χ2v) is 6.25. The molecule has 0 unspecified atom stereocenters. The highest BCUT2D eigenvalue weighted by Gasteiger charge is 2.09. The van der Waals surface area contributed by atoms with Crippen LogP contribution in [0, 0.1) is 0 Å². The molecule has 4 nitrogen and oxygen atoms in total. The highest BCUT2D eigenvalue weighted by Crippen LogP contribution is 2.34. The first-order valence-electron chi connectivity index (χ1n) is 5.90. The van der Waals surface area contributed by atoms with E-state index >= 15 is 0 Å². The number of hydrogen-bond acceptors (Lipinski definition) is 5. The molecular weight excluding hydrogens is 292 g/mol. The summed E-state index contributed by atoms with van der Waals surface area (Å²) in [4.78, 5) is 20.4. The fourth-order valence-electron chi connectivity index (χ4n) is 1.82. The van der Waals surface area contributed by atoms with Crippen LogP contribution in [-0.2, 0) is 11.2 Å². The molecule has 6 heteroatoms. The maximum atomic E-state index is 10.7. The Morgan fingerprint density at radius 1 is 1.30 bits per heavy atom. The number of para-hydroxylation sites is 1. The Hall–Kier alpha value is -1.92. The third kappa shape index (κ3) is 2.81. The Balaban J connectivity index is 1.89. The maximum absolute atomic E-state index is 10.7. The summed E-state index contributed by atoms with van der Waals surface area (Å²) in [7, 11) is 0. The van der Waals surface area contributed by atoms with E-state index in [2.05, 4.69) is 9.97 Å². The lowest BCUT2D eigenvalue weighted by Crippen LogP contribution is -1.99.